The number of aliphatic hydroxyl groups excluding tert-OH is 1. The van der Waals surface area contributed by atoms with Crippen molar-refractivity contribution in [3.05, 3.63) is 29.3 Å². The van der Waals surface area contributed by atoms with E-state index in [1.807, 2.05) is 0 Å². The number of alkyl halides is 1. The van der Waals surface area contributed by atoms with Gasteiger partial charge >= 0.3 is 0 Å². The molecule has 0 radical (unpaired) electrons. The maximum atomic E-state index is 10.9. The van der Waals surface area contributed by atoms with Crippen molar-refractivity contribution in [2.24, 2.45) is 23.2 Å². The first-order chi connectivity index (χ1) is 11.1. The Morgan fingerprint density at radius 3 is 2.91 bits per heavy atom. The molecule has 6 atom stereocenters. The number of ether oxygens (including phenoxy) is 1. The van der Waals surface area contributed by atoms with Gasteiger partial charge in [0.05, 0.1) is 13.2 Å². The molecular weight excluding hydrogens is 352 g/mol. The number of fused-ring (bicyclic) bond motifs is 5. The SMILES string of the molecule is COc1ccc2c(c1)CC[C@@H]1[C@@H]2CC[C@@]2(C)[C@@H](O)[C@H](CBr)C[C@@H]12. The standard InChI is InChI=1S/C20H27BrO2/c1-20-8-7-16-15-6-4-14(23-2)9-12(15)3-5-17(16)18(20)10-13(11-21)19(20)22/h4,6,9,13,16-19,22H,3,5,7-8,10-11H2,1-2H3/t13-,16+,17+,18-,19-,20+/m0/s1. The summed E-state index contributed by atoms with van der Waals surface area (Å²) in [5.41, 5.74) is 3.18. The Bertz CT molecular complexity index is 601. The van der Waals surface area contributed by atoms with Crippen LogP contribution in [0, 0.1) is 23.2 Å². The van der Waals surface area contributed by atoms with Gasteiger partial charge in [-0.2, -0.15) is 0 Å². The number of rotatable bonds is 2. The summed E-state index contributed by atoms with van der Waals surface area (Å²) in [7, 11) is 1.75. The van der Waals surface area contributed by atoms with Crippen LogP contribution in [0.2, 0.25) is 0 Å². The minimum absolute atomic E-state index is 0.129. The van der Waals surface area contributed by atoms with E-state index in [2.05, 4.69) is 41.1 Å². The van der Waals surface area contributed by atoms with Crippen molar-refractivity contribution in [2.75, 3.05) is 12.4 Å². The van der Waals surface area contributed by atoms with Crippen LogP contribution in [0.4, 0.5) is 0 Å². The van der Waals surface area contributed by atoms with Gasteiger partial charge in [0.15, 0.2) is 0 Å². The molecule has 1 aromatic rings. The number of aliphatic hydroxyl groups is 1. The molecule has 1 N–H and O–H groups in total. The topological polar surface area (TPSA) is 29.5 Å². The molecule has 0 spiro atoms. The Morgan fingerprint density at radius 1 is 1.35 bits per heavy atom. The van der Waals surface area contributed by atoms with Gasteiger partial charge in [-0.15, -0.1) is 0 Å². The molecule has 2 nitrogen and oxygen atoms in total. The van der Waals surface area contributed by atoms with Crippen LogP contribution in [0.1, 0.15) is 49.7 Å². The zero-order valence-corrected chi connectivity index (χ0v) is 15.7. The Balaban J connectivity index is 1.67. The number of halogens is 1. The van der Waals surface area contributed by atoms with E-state index < -0.39 is 0 Å². The summed E-state index contributed by atoms with van der Waals surface area (Å²) < 4.78 is 5.41. The molecule has 4 rings (SSSR count). The van der Waals surface area contributed by atoms with E-state index >= 15 is 0 Å². The maximum Gasteiger partial charge on any atom is 0.119 e. The highest BCUT2D eigenvalue weighted by atomic mass is 79.9. The summed E-state index contributed by atoms with van der Waals surface area (Å²) in [5, 5.41) is 11.8. The third kappa shape index (κ3) is 2.30. The highest BCUT2D eigenvalue weighted by Crippen LogP contribution is 2.62. The molecule has 126 valence electrons. The van der Waals surface area contributed by atoms with Gasteiger partial charge in [-0.25, -0.2) is 0 Å². The quantitative estimate of drug-likeness (QED) is 0.765. The van der Waals surface area contributed by atoms with Crippen molar-refractivity contribution in [3.8, 4) is 5.75 Å². The van der Waals surface area contributed by atoms with E-state index in [1.165, 1.54) is 24.8 Å². The first kappa shape index (κ1) is 16.0. The van der Waals surface area contributed by atoms with Gasteiger partial charge in [0, 0.05) is 5.33 Å². The summed E-state index contributed by atoms with van der Waals surface area (Å²) in [4.78, 5) is 0. The maximum absolute atomic E-state index is 10.9. The molecule has 23 heavy (non-hydrogen) atoms. The molecule has 2 fully saturated rings. The van der Waals surface area contributed by atoms with E-state index in [0.717, 1.165) is 29.8 Å². The predicted molar refractivity (Wildman–Crippen MR) is 96.3 cm³/mol. The van der Waals surface area contributed by atoms with Gasteiger partial charge in [-0.1, -0.05) is 28.9 Å². The zero-order chi connectivity index (χ0) is 16.2. The van der Waals surface area contributed by atoms with Crippen molar-refractivity contribution in [1.29, 1.82) is 0 Å². The number of hydrogen-bond acceptors (Lipinski definition) is 2. The summed E-state index contributed by atoms with van der Waals surface area (Å²) in [6.07, 6.45) is 5.88. The molecule has 0 saturated heterocycles. The Kier molecular flexibility index (Phi) is 4.00. The molecule has 2 saturated carbocycles. The summed E-state index contributed by atoms with van der Waals surface area (Å²) in [5.74, 6) is 3.52. The molecule has 0 amide bonds. The second-order valence-electron chi connectivity index (χ2n) is 8.12. The van der Waals surface area contributed by atoms with E-state index in [4.69, 9.17) is 4.74 Å². The van der Waals surface area contributed by atoms with Crippen LogP contribution < -0.4 is 4.74 Å². The first-order valence-electron chi connectivity index (χ1n) is 8.99. The third-order valence-electron chi connectivity index (χ3n) is 7.25. The van der Waals surface area contributed by atoms with Gasteiger partial charge in [-0.3, -0.25) is 0 Å². The summed E-state index contributed by atoms with van der Waals surface area (Å²) in [6.45, 7) is 2.35. The third-order valence-corrected chi connectivity index (χ3v) is 8.08. The second kappa shape index (κ2) is 5.77. The Morgan fingerprint density at radius 2 is 2.17 bits per heavy atom. The van der Waals surface area contributed by atoms with E-state index in [0.29, 0.717) is 17.8 Å². The number of aryl methyl sites for hydroxylation is 1. The molecule has 0 aromatic heterocycles. The second-order valence-corrected chi connectivity index (χ2v) is 8.77. The molecule has 0 bridgehead atoms. The minimum atomic E-state index is -0.134. The average Bonchev–Trinajstić information content (AvgIpc) is 2.85. The Hall–Kier alpha value is -0.540. The van der Waals surface area contributed by atoms with Crippen molar-refractivity contribution in [1.82, 2.24) is 0 Å². The van der Waals surface area contributed by atoms with Crippen molar-refractivity contribution in [2.45, 2.75) is 51.0 Å². The van der Waals surface area contributed by atoms with Gasteiger partial charge in [-0.05, 0) is 84.5 Å². The molecule has 0 unspecified atom stereocenters. The largest absolute Gasteiger partial charge is 0.497 e. The van der Waals surface area contributed by atoms with Gasteiger partial charge in [0.25, 0.3) is 0 Å². The van der Waals surface area contributed by atoms with Crippen molar-refractivity contribution < 1.29 is 9.84 Å². The van der Waals surface area contributed by atoms with Gasteiger partial charge in [0.2, 0.25) is 0 Å². The lowest BCUT2D eigenvalue weighted by Gasteiger charge is -2.50. The first-order valence-corrected chi connectivity index (χ1v) is 10.1. The highest BCUT2D eigenvalue weighted by molar-refractivity contribution is 9.09. The van der Waals surface area contributed by atoms with E-state index in [-0.39, 0.29) is 11.5 Å². The molecule has 3 aliphatic rings. The fourth-order valence-corrected chi connectivity index (χ4v) is 6.60. The number of hydrogen-bond donors (Lipinski definition) is 1. The van der Waals surface area contributed by atoms with Crippen LogP contribution in [-0.4, -0.2) is 23.7 Å². The van der Waals surface area contributed by atoms with E-state index in [9.17, 15) is 5.11 Å². The smallest absolute Gasteiger partial charge is 0.119 e. The lowest BCUT2D eigenvalue weighted by Crippen LogP contribution is -2.44. The fourth-order valence-electron chi connectivity index (χ4n) is 5.99. The van der Waals surface area contributed by atoms with Crippen LogP contribution in [0.5, 0.6) is 5.75 Å². The van der Waals surface area contributed by atoms with Gasteiger partial charge in [0.1, 0.15) is 5.75 Å². The molecular formula is C20H27BrO2. The van der Waals surface area contributed by atoms with Crippen LogP contribution in [0.15, 0.2) is 18.2 Å². The number of methoxy groups -OCH3 is 1. The normalized spacial score (nSPS) is 41.8. The highest BCUT2D eigenvalue weighted by Gasteiger charge is 2.57. The fraction of sp³-hybridized carbons (Fsp3) is 0.700. The lowest BCUT2D eigenvalue weighted by atomic mass is 9.55. The molecule has 1 aromatic carbocycles. The lowest BCUT2D eigenvalue weighted by molar-refractivity contribution is -0.0304. The van der Waals surface area contributed by atoms with Crippen LogP contribution in [-0.2, 0) is 6.42 Å². The predicted octanol–water partition coefficient (Wildman–Crippen LogP) is 4.53. The average molecular weight is 379 g/mol. The van der Waals surface area contributed by atoms with Gasteiger partial charge < -0.3 is 9.84 Å². The number of benzene rings is 1. The van der Waals surface area contributed by atoms with E-state index in [1.54, 1.807) is 12.7 Å². The van der Waals surface area contributed by atoms with Crippen molar-refractivity contribution >= 4 is 15.9 Å². The molecule has 0 aliphatic heterocycles. The van der Waals surface area contributed by atoms with Crippen LogP contribution >= 0.6 is 15.9 Å². The van der Waals surface area contributed by atoms with Crippen LogP contribution in [0.3, 0.4) is 0 Å². The molecule has 3 heteroatoms. The molecule has 3 aliphatic carbocycles. The minimum Gasteiger partial charge on any atom is -0.497 e. The summed E-state index contributed by atoms with van der Waals surface area (Å²) in [6, 6.07) is 6.67. The zero-order valence-electron chi connectivity index (χ0n) is 14.1. The van der Waals surface area contributed by atoms with Crippen LogP contribution in [0.25, 0.3) is 0 Å². The monoisotopic (exact) mass is 378 g/mol. The Labute approximate surface area is 147 Å². The summed E-state index contributed by atoms with van der Waals surface area (Å²) >= 11 is 3.63. The molecule has 0 heterocycles. The van der Waals surface area contributed by atoms with Crippen molar-refractivity contribution in [3.63, 3.8) is 0 Å².